The average molecular weight is 470 g/mol. The van der Waals surface area contributed by atoms with E-state index in [4.69, 9.17) is 18.6 Å². The van der Waals surface area contributed by atoms with Crippen molar-refractivity contribution in [2.75, 3.05) is 32.6 Å². The summed E-state index contributed by atoms with van der Waals surface area (Å²) in [6.07, 6.45) is 3.94. The van der Waals surface area contributed by atoms with E-state index in [0.29, 0.717) is 54.2 Å². The van der Waals surface area contributed by atoms with E-state index in [2.05, 4.69) is 15.3 Å². The van der Waals surface area contributed by atoms with E-state index in [9.17, 15) is 9.59 Å². The molecule has 9 nitrogen and oxygen atoms in total. The molecule has 33 heavy (non-hydrogen) atoms. The molecule has 1 aromatic carbocycles. The third kappa shape index (κ3) is 5.46. The molecule has 0 unspecified atom stereocenters. The number of hydrogen-bond donors (Lipinski definition) is 1. The first-order valence-corrected chi connectivity index (χ1v) is 11.6. The van der Waals surface area contributed by atoms with Gasteiger partial charge >= 0.3 is 5.97 Å². The fourth-order valence-electron chi connectivity index (χ4n) is 3.29. The van der Waals surface area contributed by atoms with E-state index in [1.807, 2.05) is 18.2 Å². The average Bonchev–Trinajstić information content (AvgIpc) is 3.37. The van der Waals surface area contributed by atoms with Crippen molar-refractivity contribution < 1.29 is 28.2 Å². The number of benzene rings is 1. The van der Waals surface area contributed by atoms with Gasteiger partial charge in [-0.3, -0.25) is 4.79 Å². The molecule has 172 valence electrons. The van der Waals surface area contributed by atoms with Crippen LogP contribution in [0.2, 0.25) is 0 Å². The van der Waals surface area contributed by atoms with E-state index < -0.39 is 18.5 Å². The fraction of sp³-hybridized carbons (Fsp3) is 0.304. The highest BCUT2D eigenvalue weighted by Gasteiger charge is 2.22. The zero-order valence-electron chi connectivity index (χ0n) is 18.3. The number of aryl methyl sites for hydroxylation is 1. The van der Waals surface area contributed by atoms with Gasteiger partial charge in [0.15, 0.2) is 29.7 Å². The van der Waals surface area contributed by atoms with Crippen molar-refractivity contribution in [3.63, 3.8) is 0 Å². The van der Waals surface area contributed by atoms with Crippen molar-refractivity contribution >= 4 is 23.6 Å². The Morgan fingerprint density at radius 1 is 1.15 bits per heavy atom. The zero-order chi connectivity index (χ0) is 23.2. The van der Waals surface area contributed by atoms with Crippen LogP contribution in [0.4, 0.5) is 0 Å². The summed E-state index contributed by atoms with van der Waals surface area (Å²) in [5.41, 5.74) is 1.69. The lowest BCUT2D eigenvalue weighted by molar-refractivity contribution is -0.124. The number of ether oxygens (including phenoxy) is 3. The highest BCUT2D eigenvalue weighted by Crippen LogP contribution is 2.30. The van der Waals surface area contributed by atoms with Crippen LogP contribution in [-0.4, -0.2) is 54.5 Å². The van der Waals surface area contributed by atoms with Gasteiger partial charge in [-0.05, 0) is 49.4 Å². The van der Waals surface area contributed by atoms with Gasteiger partial charge in [-0.25, -0.2) is 14.8 Å². The van der Waals surface area contributed by atoms with Crippen LogP contribution in [0.1, 0.15) is 21.6 Å². The predicted molar refractivity (Wildman–Crippen MR) is 121 cm³/mol. The Hall–Kier alpha value is -3.53. The predicted octanol–water partition coefficient (Wildman–Crippen LogP) is 3.05. The maximum Gasteiger partial charge on any atom is 0.343 e. The van der Waals surface area contributed by atoms with E-state index in [1.54, 1.807) is 25.3 Å². The number of esters is 1. The van der Waals surface area contributed by atoms with Crippen LogP contribution in [0.15, 0.2) is 46.0 Å². The number of fused-ring (bicyclic) bond motifs is 1. The first-order chi connectivity index (χ1) is 16.0. The standard InChI is InChI=1S/C23H23N3O6S/c1-14-20(22(33-2)26-21(25-14)17-4-3-9-29-17)23(28)32-13-19(27)24-8-7-15-5-6-16-18(12-15)31-11-10-30-16/h3-6,9,12H,7-8,10-11,13H2,1-2H3,(H,24,27). The molecule has 1 amide bonds. The lowest BCUT2D eigenvalue weighted by Gasteiger charge is -2.18. The third-order valence-electron chi connectivity index (χ3n) is 4.87. The van der Waals surface area contributed by atoms with Gasteiger partial charge in [0.25, 0.3) is 5.91 Å². The molecule has 3 aromatic rings. The normalized spacial score (nSPS) is 12.3. The summed E-state index contributed by atoms with van der Waals surface area (Å²) in [4.78, 5) is 33.5. The maximum absolute atomic E-state index is 12.6. The lowest BCUT2D eigenvalue weighted by atomic mass is 10.1. The summed E-state index contributed by atoms with van der Waals surface area (Å²) in [7, 11) is 0. The van der Waals surface area contributed by atoms with Gasteiger partial charge in [0, 0.05) is 6.54 Å². The second kappa shape index (κ2) is 10.4. The molecule has 1 N–H and O–H groups in total. The fourth-order valence-corrected chi connectivity index (χ4v) is 3.90. The Kier molecular flexibility index (Phi) is 7.13. The number of hydrogen-bond acceptors (Lipinski definition) is 9. The Morgan fingerprint density at radius 3 is 2.73 bits per heavy atom. The molecule has 0 atom stereocenters. The highest BCUT2D eigenvalue weighted by molar-refractivity contribution is 7.98. The van der Waals surface area contributed by atoms with Crippen molar-refractivity contribution in [2.24, 2.45) is 0 Å². The number of carbonyl (C=O) groups is 2. The van der Waals surface area contributed by atoms with Crippen LogP contribution in [-0.2, 0) is 16.0 Å². The smallest absolute Gasteiger partial charge is 0.343 e. The largest absolute Gasteiger partial charge is 0.486 e. The molecular weight excluding hydrogens is 446 g/mol. The topological polar surface area (TPSA) is 113 Å². The molecule has 0 aliphatic carbocycles. The van der Waals surface area contributed by atoms with E-state index in [0.717, 1.165) is 11.3 Å². The van der Waals surface area contributed by atoms with Gasteiger partial charge in [-0.1, -0.05) is 6.07 Å². The number of furan rings is 1. The van der Waals surface area contributed by atoms with Crippen molar-refractivity contribution in [2.45, 2.75) is 18.4 Å². The van der Waals surface area contributed by atoms with Crippen molar-refractivity contribution in [3.05, 3.63) is 53.4 Å². The number of aromatic nitrogens is 2. The lowest BCUT2D eigenvalue weighted by Crippen LogP contribution is -2.30. The maximum atomic E-state index is 12.6. The molecule has 2 aromatic heterocycles. The molecule has 4 rings (SSSR count). The zero-order valence-corrected chi connectivity index (χ0v) is 19.1. The highest BCUT2D eigenvalue weighted by atomic mass is 32.2. The van der Waals surface area contributed by atoms with Crippen molar-refractivity contribution in [1.29, 1.82) is 0 Å². The molecule has 3 heterocycles. The molecule has 1 aliphatic rings. The van der Waals surface area contributed by atoms with Crippen LogP contribution < -0.4 is 14.8 Å². The Morgan fingerprint density at radius 2 is 1.97 bits per heavy atom. The molecule has 0 radical (unpaired) electrons. The minimum Gasteiger partial charge on any atom is -0.486 e. The summed E-state index contributed by atoms with van der Waals surface area (Å²) in [5, 5.41) is 3.21. The molecule has 10 heteroatoms. The van der Waals surface area contributed by atoms with Gasteiger partial charge in [-0.15, -0.1) is 11.8 Å². The number of nitrogens with one attached hydrogen (secondary N) is 1. The van der Waals surface area contributed by atoms with Gasteiger partial charge in [0.2, 0.25) is 0 Å². The van der Waals surface area contributed by atoms with Gasteiger partial charge < -0.3 is 23.9 Å². The number of thioether (sulfide) groups is 1. The first-order valence-electron chi connectivity index (χ1n) is 10.3. The quantitative estimate of drug-likeness (QED) is 0.302. The summed E-state index contributed by atoms with van der Waals surface area (Å²) in [5.74, 6) is 1.28. The van der Waals surface area contributed by atoms with Crippen LogP contribution in [0.5, 0.6) is 11.5 Å². The van der Waals surface area contributed by atoms with Gasteiger partial charge in [-0.2, -0.15) is 0 Å². The Labute approximate surface area is 194 Å². The second-order valence-electron chi connectivity index (χ2n) is 7.15. The minimum atomic E-state index is -0.648. The number of amides is 1. The first kappa shape index (κ1) is 22.7. The summed E-state index contributed by atoms with van der Waals surface area (Å²) < 4.78 is 21.6. The van der Waals surface area contributed by atoms with Crippen LogP contribution in [0.25, 0.3) is 11.6 Å². The minimum absolute atomic E-state index is 0.238. The van der Waals surface area contributed by atoms with Crippen molar-refractivity contribution in [3.8, 4) is 23.1 Å². The third-order valence-corrected chi connectivity index (χ3v) is 5.55. The second-order valence-corrected chi connectivity index (χ2v) is 7.94. The van der Waals surface area contributed by atoms with Gasteiger partial charge in [0.1, 0.15) is 23.8 Å². The molecule has 0 spiro atoms. The Bertz CT molecular complexity index is 1150. The number of rotatable bonds is 8. The summed E-state index contributed by atoms with van der Waals surface area (Å²) >= 11 is 1.29. The molecule has 1 aliphatic heterocycles. The van der Waals surface area contributed by atoms with Crippen LogP contribution in [0.3, 0.4) is 0 Å². The molecule has 0 fully saturated rings. The molecule has 0 bridgehead atoms. The number of carbonyl (C=O) groups excluding carboxylic acids is 2. The monoisotopic (exact) mass is 469 g/mol. The van der Waals surface area contributed by atoms with Crippen molar-refractivity contribution in [1.82, 2.24) is 15.3 Å². The number of nitrogens with zero attached hydrogens (tertiary/aromatic N) is 2. The Balaban J connectivity index is 1.30. The van der Waals surface area contributed by atoms with Gasteiger partial charge in [0.05, 0.1) is 12.0 Å². The van der Waals surface area contributed by atoms with Crippen LogP contribution in [0, 0.1) is 6.92 Å². The molecule has 0 saturated heterocycles. The summed E-state index contributed by atoms with van der Waals surface area (Å²) in [6.45, 7) is 2.75. The summed E-state index contributed by atoms with van der Waals surface area (Å²) in [6, 6.07) is 9.17. The van der Waals surface area contributed by atoms with E-state index >= 15 is 0 Å². The molecular formula is C23H23N3O6S. The van der Waals surface area contributed by atoms with Crippen LogP contribution >= 0.6 is 11.8 Å². The van der Waals surface area contributed by atoms with E-state index in [-0.39, 0.29) is 5.56 Å². The van der Waals surface area contributed by atoms with E-state index in [1.165, 1.54) is 18.0 Å². The molecule has 0 saturated carbocycles. The SMILES string of the molecule is CSc1nc(-c2ccco2)nc(C)c1C(=O)OCC(=O)NCCc1ccc2c(c1)OCCO2.